The van der Waals surface area contributed by atoms with Crippen molar-refractivity contribution >= 4 is 28.6 Å². The summed E-state index contributed by atoms with van der Waals surface area (Å²) in [6.07, 6.45) is 0. The first-order valence-electron chi connectivity index (χ1n) is 3.77. The van der Waals surface area contributed by atoms with Gasteiger partial charge < -0.3 is 5.73 Å². The molecule has 1 unspecified atom stereocenters. The molecule has 0 aliphatic rings. The van der Waals surface area contributed by atoms with Crippen LogP contribution >= 0.6 is 28.6 Å². The van der Waals surface area contributed by atoms with E-state index >= 15 is 0 Å². The van der Waals surface area contributed by atoms with Crippen LogP contribution in [0.2, 0.25) is 0 Å². The zero-order valence-corrected chi connectivity index (χ0v) is 9.40. The monoisotopic (exact) mass is 245 g/mol. The van der Waals surface area contributed by atoms with E-state index in [0.29, 0.717) is 5.75 Å². The van der Waals surface area contributed by atoms with Gasteiger partial charge in [0.2, 0.25) is 0 Å². The molecular formula is C9H12BrNS. The molecule has 1 aromatic carbocycles. The Bertz CT molecular complexity index is 275. The Morgan fingerprint density at radius 3 is 2.83 bits per heavy atom. The lowest BCUT2D eigenvalue weighted by molar-refractivity contribution is 0.824. The highest BCUT2D eigenvalue weighted by atomic mass is 79.9. The molecular weight excluding hydrogens is 234 g/mol. The normalized spacial score (nSPS) is 13.0. The third-order valence-corrected chi connectivity index (χ3v) is 2.72. The molecule has 12 heavy (non-hydrogen) atoms. The Kier molecular flexibility index (Phi) is 3.62. The van der Waals surface area contributed by atoms with Crippen molar-refractivity contribution in [1.82, 2.24) is 0 Å². The fraction of sp³-hybridized carbons (Fsp3) is 0.333. The second-order valence-electron chi connectivity index (χ2n) is 2.79. The molecule has 66 valence electrons. The molecule has 0 aliphatic heterocycles. The van der Waals surface area contributed by atoms with Crippen molar-refractivity contribution in [3.63, 3.8) is 0 Å². The molecule has 0 aliphatic carbocycles. The van der Waals surface area contributed by atoms with Crippen LogP contribution in [-0.2, 0) is 0 Å². The zero-order valence-electron chi connectivity index (χ0n) is 6.92. The molecule has 0 aromatic heterocycles. The second-order valence-corrected chi connectivity index (χ2v) is 4.07. The van der Waals surface area contributed by atoms with Crippen LogP contribution in [0.5, 0.6) is 0 Å². The fourth-order valence-electron chi connectivity index (χ4n) is 1.11. The molecule has 1 rings (SSSR count). The Hall–Kier alpha value is 0.01000. The van der Waals surface area contributed by atoms with Gasteiger partial charge in [0.1, 0.15) is 0 Å². The number of aryl methyl sites for hydroxylation is 1. The number of hydrogen-bond donors (Lipinski definition) is 2. The molecule has 0 heterocycles. The lowest BCUT2D eigenvalue weighted by Gasteiger charge is -2.12. The van der Waals surface area contributed by atoms with Gasteiger partial charge in [-0.15, -0.1) is 0 Å². The quantitative estimate of drug-likeness (QED) is 0.771. The molecule has 0 radical (unpaired) electrons. The van der Waals surface area contributed by atoms with Crippen molar-refractivity contribution in [2.24, 2.45) is 5.73 Å². The first kappa shape index (κ1) is 10.1. The van der Waals surface area contributed by atoms with E-state index in [1.165, 1.54) is 11.1 Å². The Labute approximate surface area is 86.9 Å². The van der Waals surface area contributed by atoms with Gasteiger partial charge in [-0.05, 0) is 30.2 Å². The minimum atomic E-state index is 0.0332. The van der Waals surface area contributed by atoms with Gasteiger partial charge in [0.25, 0.3) is 0 Å². The molecule has 0 amide bonds. The summed E-state index contributed by atoms with van der Waals surface area (Å²) in [5, 5.41) is 0. The van der Waals surface area contributed by atoms with Crippen molar-refractivity contribution in [2.45, 2.75) is 13.0 Å². The van der Waals surface area contributed by atoms with Gasteiger partial charge in [0.15, 0.2) is 0 Å². The lowest BCUT2D eigenvalue weighted by Crippen LogP contribution is -2.13. The van der Waals surface area contributed by atoms with Gasteiger partial charge >= 0.3 is 0 Å². The first-order chi connectivity index (χ1) is 5.65. The third kappa shape index (κ3) is 2.25. The van der Waals surface area contributed by atoms with E-state index in [-0.39, 0.29) is 6.04 Å². The van der Waals surface area contributed by atoms with Crippen LogP contribution in [0, 0.1) is 6.92 Å². The van der Waals surface area contributed by atoms with Crippen LogP contribution in [-0.4, -0.2) is 5.75 Å². The smallest absolute Gasteiger partial charge is 0.0387 e. The predicted octanol–water partition coefficient (Wildman–Crippen LogP) is 2.69. The predicted molar refractivity (Wildman–Crippen MR) is 59.7 cm³/mol. The van der Waals surface area contributed by atoms with Crippen LogP contribution in [0.3, 0.4) is 0 Å². The lowest BCUT2D eigenvalue weighted by atomic mass is 10.0. The Morgan fingerprint density at radius 1 is 1.58 bits per heavy atom. The van der Waals surface area contributed by atoms with E-state index in [2.05, 4.69) is 47.6 Å². The van der Waals surface area contributed by atoms with E-state index in [4.69, 9.17) is 5.73 Å². The van der Waals surface area contributed by atoms with Crippen LogP contribution in [0.4, 0.5) is 0 Å². The maximum absolute atomic E-state index is 5.87. The van der Waals surface area contributed by atoms with Crippen LogP contribution < -0.4 is 5.73 Å². The van der Waals surface area contributed by atoms with Gasteiger partial charge in [-0.25, -0.2) is 0 Å². The van der Waals surface area contributed by atoms with Crippen molar-refractivity contribution in [3.8, 4) is 0 Å². The third-order valence-electron chi connectivity index (χ3n) is 1.84. The summed E-state index contributed by atoms with van der Waals surface area (Å²) in [4.78, 5) is 0. The molecule has 0 fully saturated rings. The van der Waals surface area contributed by atoms with E-state index < -0.39 is 0 Å². The average Bonchev–Trinajstić information content (AvgIpc) is 2.08. The summed E-state index contributed by atoms with van der Waals surface area (Å²) < 4.78 is 1.07. The highest BCUT2D eigenvalue weighted by Crippen LogP contribution is 2.21. The summed E-state index contributed by atoms with van der Waals surface area (Å²) in [6, 6.07) is 6.16. The number of hydrogen-bond acceptors (Lipinski definition) is 2. The number of benzene rings is 1. The number of thiol groups is 1. The summed E-state index contributed by atoms with van der Waals surface area (Å²) >= 11 is 7.58. The topological polar surface area (TPSA) is 26.0 Å². The van der Waals surface area contributed by atoms with Crippen molar-refractivity contribution in [2.75, 3.05) is 5.75 Å². The van der Waals surface area contributed by atoms with Gasteiger partial charge in [0.05, 0.1) is 0 Å². The Balaban J connectivity index is 3.04. The largest absolute Gasteiger partial charge is 0.323 e. The van der Waals surface area contributed by atoms with Crippen molar-refractivity contribution < 1.29 is 0 Å². The average molecular weight is 246 g/mol. The summed E-state index contributed by atoms with van der Waals surface area (Å²) in [5.74, 6) is 0.678. The molecule has 3 heteroatoms. The molecule has 0 saturated carbocycles. The number of nitrogens with two attached hydrogens (primary N) is 1. The SMILES string of the molecule is Cc1ccc(Br)cc1C(N)CS. The summed E-state index contributed by atoms with van der Waals surface area (Å²) in [7, 11) is 0. The van der Waals surface area contributed by atoms with Gasteiger partial charge in [0, 0.05) is 16.3 Å². The highest BCUT2D eigenvalue weighted by Gasteiger charge is 2.06. The molecule has 0 bridgehead atoms. The molecule has 0 saturated heterocycles. The van der Waals surface area contributed by atoms with Crippen LogP contribution in [0.1, 0.15) is 17.2 Å². The van der Waals surface area contributed by atoms with Crippen molar-refractivity contribution in [3.05, 3.63) is 33.8 Å². The minimum Gasteiger partial charge on any atom is -0.323 e. The van der Waals surface area contributed by atoms with E-state index in [0.717, 1.165) is 4.47 Å². The molecule has 1 aromatic rings. The molecule has 1 nitrogen and oxygen atoms in total. The maximum Gasteiger partial charge on any atom is 0.0387 e. The molecule has 0 spiro atoms. The standard InChI is InChI=1S/C9H12BrNS/c1-6-2-3-7(10)4-8(6)9(11)5-12/h2-4,9,12H,5,11H2,1H3. The van der Waals surface area contributed by atoms with E-state index in [9.17, 15) is 0 Å². The van der Waals surface area contributed by atoms with E-state index in [1.807, 2.05) is 6.07 Å². The van der Waals surface area contributed by atoms with Crippen LogP contribution in [0.25, 0.3) is 0 Å². The zero-order chi connectivity index (χ0) is 9.14. The summed E-state index contributed by atoms with van der Waals surface area (Å²) in [5.41, 5.74) is 8.25. The highest BCUT2D eigenvalue weighted by molar-refractivity contribution is 9.10. The van der Waals surface area contributed by atoms with Gasteiger partial charge in [-0.1, -0.05) is 22.0 Å². The Morgan fingerprint density at radius 2 is 2.25 bits per heavy atom. The number of rotatable bonds is 2. The summed E-state index contributed by atoms with van der Waals surface area (Å²) in [6.45, 7) is 2.06. The van der Waals surface area contributed by atoms with Crippen molar-refractivity contribution in [1.29, 1.82) is 0 Å². The molecule has 1 atom stereocenters. The van der Waals surface area contributed by atoms with Gasteiger partial charge in [-0.2, -0.15) is 12.6 Å². The van der Waals surface area contributed by atoms with Gasteiger partial charge in [-0.3, -0.25) is 0 Å². The first-order valence-corrected chi connectivity index (χ1v) is 5.20. The maximum atomic E-state index is 5.87. The van der Waals surface area contributed by atoms with Crippen LogP contribution in [0.15, 0.2) is 22.7 Å². The minimum absolute atomic E-state index is 0.0332. The second kappa shape index (κ2) is 4.30. The van der Waals surface area contributed by atoms with E-state index in [1.54, 1.807) is 0 Å². The fourth-order valence-corrected chi connectivity index (χ4v) is 1.68. The number of halogens is 1. The molecule has 2 N–H and O–H groups in total.